The van der Waals surface area contributed by atoms with Crippen LogP contribution in [0.3, 0.4) is 0 Å². The third-order valence-electron chi connectivity index (χ3n) is 4.24. The lowest BCUT2D eigenvalue weighted by Crippen LogP contribution is -2.39. The molecule has 2 rings (SSSR count). The fourth-order valence-electron chi connectivity index (χ4n) is 2.91. The van der Waals surface area contributed by atoms with Crippen molar-refractivity contribution in [3.8, 4) is 0 Å². The van der Waals surface area contributed by atoms with Crippen LogP contribution in [-0.4, -0.2) is 39.0 Å². The summed E-state index contributed by atoms with van der Waals surface area (Å²) in [5, 5.41) is 0. The molecule has 21 heavy (non-hydrogen) atoms. The molecular weight excluding hydrogens is 284 g/mol. The first-order valence-electron chi connectivity index (χ1n) is 7.80. The van der Waals surface area contributed by atoms with Gasteiger partial charge in [0.2, 0.25) is 10.0 Å². The summed E-state index contributed by atoms with van der Waals surface area (Å²) in [6.45, 7) is 6.70. The van der Waals surface area contributed by atoms with Gasteiger partial charge in [-0.2, -0.15) is 0 Å². The average molecular weight is 310 g/mol. The van der Waals surface area contributed by atoms with Crippen molar-refractivity contribution in [3.05, 3.63) is 29.8 Å². The Bertz CT molecular complexity index is 557. The zero-order chi connectivity index (χ0) is 15.3. The van der Waals surface area contributed by atoms with Crippen molar-refractivity contribution in [2.24, 2.45) is 0 Å². The Kier molecular flexibility index (Phi) is 5.79. The number of hydrogen-bond acceptors (Lipinski definition) is 3. The molecule has 1 aromatic carbocycles. The first-order chi connectivity index (χ1) is 10.0. The number of rotatable bonds is 6. The molecule has 1 N–H and O–H groups in total. The third kappa shape index (κ3) is 4.53. The van der Waals surface area contributed by atoms with Crippen LogP contribution in [0.2, 0.25) is 0 Å². The molecule has 1 saturated heterocycles. The summed E-state index contributed by atoms with van der Waals surface area (Å²) in [7, 11) is -3.38. The highest BCUT2D eigenvalue weighted by atomic mass is 32.2. The van der Waals surface area contributed by atoms with Gasteiger partial charge in [-0.1, -0.05) is 24.6 Å². The minimum atomic E-state index is -3.38. The topological polar surface area (TPSA) is 49.4 Å². The van der Waals surface area contributed by atoms with E-state index >= 15 is 0 Å². The first-order valence-corrected chi connectivity index (χ1v) is 9.28. The number of likely N-dealkylation sites (tertiary alicyclic amines) is 1. The molecule has 0 amide bonds. The largest absolute Gasteiger partial charge is 0.301 e. The zero-order valence-electron chi connectivity index (χ0n) is 13.0. The smallest absolute Gasteiger partial charge is 0.240 e. The molecular formula is C16H26N2O2S. The fourth-order valence-corrected chi connectivity index (χ4v) is 4.23. The van der Waals surface area contributed by atoms with Gasteiger partial charge in [-0.25, -0.2) is 13.1 Å². The molecule has 1 heterocycles. The highest BCUT2D eigenvalue weighted by Crippen LogP contribution is 2.16. The molecule has 118 valence electrons. The van der Waals surface area contributed by atoms with E-state index in [2.05, 4.69) is 16.5 Å². The summed E-state index contributed by atoms with van der Waals surface area (Å²) >= 11 is 0. The molecule has 1 aromatic rings. The van der Waals surface area contributed by atoms with Crippen molar-refractivity contribution >= 4 is 10.0 Å². The predicted molar refractivity (Wildman–Crippen MR) is 85.9 cm³/mol. The van der Waals surface area contributed by atoms with E-state index in [9.17, 15) is 8.42 Å². The van der Waals surface area contributed by atoms with Crippen molar-refractivity contribution < 1.29 is 8.42 Å². The van der Waals surface area contributed by atoms with Crippen LogP contribution in [0, 0.1) is 6.92 Å². The number of hydrogen-bond donors (Lipinski definition) is 1. The molecule has 1 aliphatic heterocycles. The second-order valence-corrected chi connectivity index (χ2v) is 7.63. The molecule has 1 aliphatic rings. The molecule has 0 aliphatic carbocycles. The molecule has 1 atom stereocenters. The number of benzene rings is 1. The Morgan fingerprint density at radius 1 is 1.29 bits per heavy atom. The first kappa shape index (κ1) is 16.5. The monoisotopic (exact) mass is 310 g/mol. The Morgan fingerprint density at radius 2 is 2.05 bits per heavy atom. The van der Waals surface area contributed by atoms with Gasteiger partial charge in [0.25, 0.3) is 0 Å². The predicted octanol–water partition coefficient (Wildman–Crippen LogP) is 2.54. The molecule has 5 heteroatoms. The number of piperidine rings is 1. The number of aryl methyl sites for hydroxylation is 1. The van der Waals surface area contributed by atoms with Crippen molar-refractivity contribution in [2.75, 3.05) is 19.6 Å². The minimum absolute atomic E-state index is 0.386. The standard InChI is InChI=1S/C16H26N2O2S/c1-14-8-3-4-10-16(14)21(19,20)17-11-7-13-18-12-6-5-9-15(18)2/h3-4,8,10,15,17H,5-7,9,11-13H2,1-2H3. The Balaban J connectivity index is 1.81. The lowest BCUT2D eigenvalue weighted by atomic mass is 10.0. The second kappa shape index (κ2) is 7.38. The molecule has 0 radical (unpaired) electrons. The van der Waals surface area contributed by atoms with Gasteiger partial charge in [0, 0.05) is 12.6 Å². The van der Waals surface area contributed by atoms with Gasteiger partial charge in [0.1, 0.15) is 0 Å². The number of nitrogens with zero attached hydrogens (tertiary/aromatic N) is 1. The Hall–Kier alpha value is -0.910. The fraction of sp³-hybridized carbons (Fsp3) is 0.625. The van der Waals surface area contributed by atoms with Gasteiger partial charge in [-0.15, -0.1) is 0 Å². The summed E-state index contributed by atoms with van der Waals surface area (Å²) < 4.78 is 27.2. The van der Waals surface area contributed by atoms with Crippen molar-refractivity contribution in [3.63, 3.8) is 0 Å². The van der Waals surface area contributed by atoms with Gasteiger partial charge < -0.3 is 4.90 Å². The summed E-state index contributed by atoms with van der Waals surface area (Å²) in [6, 6.07) is 7.73. The summed E-state index contributed by atoms with van der Waals surface area (Å²) in [6.07, 6.45) is 4.70. The maximum atomic E-state index is 12.2. The van der Waals surface area contributed by atoms with Crippen molar-refractivity contribution in [1.29, 1.82) is 0 Å². The van der Waals surface area contributed by atoms with E-state index in [0.717, 1.165) is 25.1 Å². The van der Waals surface area contributed by atoms with Crippen LogP contribution < -0.4 is 4.72 Å². The molecule has 0 spiro atoms. The van der Waals surface area contributed by atoms with Crippen molar-refractivity contribution in [1.82, 2.24) is 9.62 Å². The van der Waals surface area contributed by atoms with Gasteiger partial charge in [-0.05, 0) is 57.8 Å². The van der Waals surface area contributed by atoms with E-state index in [4.69, 9.17) is 0 Å². The van der Waals surface area contributed by atoms with E-state index in [1.165, 1.54) is 19.3 Å². The van der Waals surface area contributed by atoms with E-state index in [1.807, 2.05) is 19.1 Å². The van der Waals surface area contributed by atoms with Gasteiger partial charge in [0.15, 0.2) is 0 Å². The Labute approximate surface area is 128 Å². The van der Waals surface area contributed by atoms with Gasteiger partial charge in [0.05, 0.1) is 4.90 Å². The summed E-state index contributed by atoms with van der Waals surface area (Å²) in [4.78, 5) is 2.85. The second-order valence-electron chi connectivity index (χ2n) is 5.90. The lowest BCUT2D eigenvalue weighted by Gasteiger charge is -2.33. The molecule has 1 fully saturated rings. The van der Waals surface area contributed by atoms with E-state index in [1.54, 1.807) is 12.1 Å². The van der Waals surface area contributed by atoms with Crippen LogP contribution in [0.15, 0.2) is 29.2 Å². The highest BCUT2D eigenvalue weighted by Gasteiger charge is 2.18. The zero-order valence-corrected chi connectivity index (χ0v) is 13.8. The van der Waals surface area contributed by atoms with Crippen LogP contribution in [0.4, 0.5) is 0 Å². The summed E-state index contributed by atoms with van der Waals surface area (Å²) in [5.74, 6) is 0. The van der Waals surface area contributed by atoms with Gasteiger partial charge in [-0.3, -0.25) is 0 Å². The van der Waals surface area contributed by atoms with Crippen LogP contribution in [0.1, 0.15) is 38.2 Å². The minimum Gasteiger partial charge on any atom is -0.301 e. The maximum Gasteiger partial charge on any atom is 0.240 e. The molecule has 0 saturated carbocycles. The number of sulfonamides is 1. The molecule has 4 nitrogen and oxygen atoms in total. The summed E-state index contributed by atoms with van der Waals surface area (Å²) in [5.41, 5.74) is 0.787. The lowest BCUT2D eigenvalue weighted by molar-refractivity contribution is 0.159. The SMILES string of the molecule is Cc1ccccc1S(=O)(=O)NCCCN1CCCCC1C. The van der Waals surface area contributed by atoms with Crippen molar-refractivity contribution in [2.45, 2.75) is 50.5 Å². The quantitative estimate of drug-likeness (QED) is 0.822. The van der Waals surface area contributed by atoms with E-state index < -0.39 is 10.0 Å². The molecule has 1 unspecified atom stereocenters. The Morgan fingerprint density at radius 3 is 2.76 bits per heavy atom. The van der Waals surface area contributed by atoms with Crippen LogP contribution in [0.25, 0.3) is 0 Å². The maximum absolute atomic E-state index is 12.2. The molecule has 0 aromatic heterocycles. The van der Waals surface area contributed by atoms with Crippen LogP contribution in [-0.2, 0) is 10.0 Å². The van der Waals surface area contributed by atoms with Crippen LogP contribution >= 0.6 is 0 Å². The highest BCUT2D eigenvalue weighted by molar-refractivity contribution is 7.89. The average Bonchev–Trinajstić information content (AvgIpc) is 2.45. The number of nitrogens with one attached hydrogen (secondary N) is 1. The normalized spacial score (nSPS) is 20.6. The molecule has 0 bridgehead atoms. The van der Waals surface area contributed by atoms with E-state index in [0.29, 0.717) is 17.5 Å². The third-order valence-corrected chi connectivity index (χ3v) is 5.86. The van der Waals surface area contributed by atoms with Gasteiger partial charge >= 0.3 is 0 Å². The van der Waals surface area contributed by atoms with Crippen LogP contribution in [0.5, 0.6) is 0 Å². The van der Waals surface area contributed by atoms with E-state index in [-0.39, 0.29) is 0 Å².